The summed E-state index contributed by atoms with van der Waals surface area (Å²) in [4.78, 5) is 27.4. The zero-order valence-corrected chi connectivity index (χ0v) is 21.3. The Morgan fingerprint density at radius 1 is 1.21 bits per heavy atom. The quantitative estimate of drug-likeness (QED) is 0.567. The maximum absolute atomic E-state index is 13.1. The van der Waals surface area contributed by atoms with E-state index in [0.29, 0.717) is 18.9 Å². The number of amides is 1. The fourth-order valence-corrected chi connectivity index (χ4v) is 6.61. The Hall–Kier alpha value is -2.62. The summed E-state index contributed by atoms with van der Waals surface area (Å²) >= 11 is 1.56. The van der Waals surface area contributed by atoms with Gasteiger partial charge in [-0.15, -0.1) is 11.3 Å². The third kappa shape index (κ3) is 4.64. The van der Waals surface area contributed by atoms with Crippen molar-refractivity contribution in [2.45, 2.75) is 29.8 Å². The minimum Gasteiger partial charge on any atom is -0.350 e. The van der Waals surface area contributed by atoms with Crippen LogP contribution in [0.25, 0.3) is 6.08 Å². The van der Waals surface area contributed by atoms with E-state index < -0.39 is 15.5 Å². The molecule has 34 heavy (non-hydrogen) atoms. The highest BCUT2D eigenvalue weighted by Crippen LogP contribution is 2.44. The normalized spacial score (nSPS) is 22.4. The molecule has 0 radical (unpaired) electrons. The van der Waals surface area contributed by atoms with Crippen LogP contribution in [0, 0.1) is 0 Å². The molecule has 1 spiro atoms. The fraction of sp³-hybridized carbons (Fsp3) is 0.400. The van der Waals surface area contributed by atoms with Gasteiger partial charge in [0.1, 0.15) is 0 Å². The van der Waals surface area contributed by atoms with E-state index in [1.54, 1.807) is 23.8 Å². The first-order valence-electron chi connectivity index (χ1n) is 11.7. The number of thiophene rings is 1. The monoisotopic (exact) mass is 497 g/mol. The second kappa shape index (κ2) is 9.20. The van der Waals surface area contributed by atoms with Crippen LogP contribution in [0.5, 0.6) is 0 Å². The Morgan fingerprint density at radius 2 is 1.97 bits per heavy atom. The molecule has 1 aromatic heterocycles. The third-order valence-corrected chi connectivity index (χ3v) is 9.20. The van der Waals surface area contributed by atoms with E-state index in [9.17, 15) is 9.00 Å². The number of aliphatic imine (C=N–C) groups is 2. The summed E-state index contributed by atoms with van der Waals surface area (Å²) < 4.78 is 12.3. The highest BCUT2D eigenvalue weighted by Gasteiger charge is 2.38. The molecule has 1 atom stereocenters. The molecule has 3 aliphatic rings. The molecule has 7 nitrogen and oxygen atoms in total. The molecular weight excluding hydrogens is 466 g/mol. The smallest absolute Gasteiger partial charge is 0.264 e. The highest BCUT2D eigenvalue weighted by atomic mass is 32.2. The number of carbonyl (C=O) groups is 1. The maximum Gasteiger partial charge on any atom is 0.264 e. The Balaban J connectivity index is 1.34. The molecule has 1 fully saturated rings. The first-order chi connectivity index (χ1) is 16.3. The minimum atomic E-state index is -2.25. The predicted molar refractivity (Wildman–Crippen MR) is 142 cm³/mol. The lowest BCUT2D eigenvalue weighted by Gasteiger charge is -2.32. The van der Waals surface area contributed by atoms with Crippen LogP contribution < -0.4 is 10.6 Å². The van der Waals surface area contributed by atoms with Gasteiger partial charge in [-0.3, -0.25) is 9.00 Å². The summed E-state index contributed by atoms with van der Waals surface area (Å²) in [5.74, 6) is 0.720. The molecule has 9 heteroatoms. The van der Waals surface area contributed by atoms with E-state index in [2.05, 4.69) is 33.8 Å². The Bertz CT molecular complexity index is 1220. The number of piperazine rings is 1. The van der Waals surface area contributed by atoms with Gasteiger partial charge in [0, 0.05) is 55.1 Å². The van der Waals surface area contributed by atoms with Gasteiger partial charge in [-0.25, -0.2) is 9.98 Å². The van der Waals surface area contributed by atoms with Crippen molar-refractivity contribution in [1.82, 2.24) is 15.5 Å². The summed E-state index contributed by atoms with van der Waals surface area (Å²) in [5, 5.41) is 6.66. The molecule has 1 aliphatic carbocycles. The van der Waals surface area contributed by atoms with E-state index in [0.717, 1.165) is 58.4 Å². The first-order valence-corrected chi connectivity index (χ1v) is 15.1. The van der Waals surface area contributed by atoms with E-state index in [-0.39, 0.29) is 5.91 Å². The van der Waals surface area contributed by atoms with Crippen LogP contribution in [0.4, 0.5) is 0 Å². The van der Waals surface area contributed by atoms with Gasteiger partial charge >= 0.3 is 0 Å². The van der Waals surface area contributed by atoms with Crippen molar-refractivity contribution in [3.05, 3.63) is 57.3 Å². The molecule has 1 unspecified atom stereocenters. The lowest BCUT2D eigenvalue weighted by molar-refractivity contribution is 0.0740. The van der Waals surface area contributed by atoms with Crippen LogP contribution in [-0.2, 0) is 22.0 Å². The lowest BCUT2D eigenvalue weighted by Crippen LogP contribution is -2.46. The van der Waals surface area contributed by atoms with Crippen molar-refractivity contribution in [2.75, 3.05) is 38.7 Å². The number of nitrogens with zero attached hydrogens (tertiary/aromatic N) is 3. The number of fused-ring (bicyclic) bond motifs is 2. The van der Waals surface area contributed by atoms with Crippen molar-refractivity contribution in [3.63, 3.8) is 0 Å². The average molecular weight is 498 g/mol. The van der Waals surface area contributed by atoms with Gasteiger partial charge in [0.05, 0.1) is 10.4 Å². The molecule has 2 aromatic rings. The summed E-state index contributed by atoms with van der Waals surface area (Å²) in [7, 11) is -2.25. The Kier molecular flexibility index (Phi) is 6.26. The van der Waals surface area contributed by atoms with Crippen molar-refractivity contribution in [2.24, 2.45) is 9.98 Å². The number of hydrogen-bond donors (Lipinski definition) is 3. The highest BCUT2D eigenvalue weighted by molar-refractivity contribution is 8.01. The SMILES string of the molecule is C[SH](C)(=O)c1ccc(CNC2=NC3(CC=Cc4sc(C(=O)N5CCNCC5)cc43)CC=N2)cc1. The largest absolute Gasteiger partial charge is 0.350 e. The average Bonchev–Trinajstić information content (AvgIpc) is 3.29. The fourth-order valence-electron chi connectivity index (χ4n) is 4.59. The van der Waals surface area contributed by atoms with E-state index in [1.165, 1.54) is 0 Å². The standard InChI is InChI=1S/C25H31N5O2S2/c1-34(2,32)19-7-5-18(6-8-19)17-28-24-27-11-10-25(29-24)9-3-4-21-20(25)16-22(33-21)23(31)30-14-12-26-13-15-30/h3-8,11,16,26,34H,9-10,12-15,17H2,1-2H3,(H,28,29). The number of thiol groups is 1. The topological polar surface area (TPSA) is 86.2 Å². The first kappa shape index (κ1) is 23.1. The predicted octanol–water partition coefficient (Wildman–Crippen LogP) is 2.66. The molecule has 5 rings (SSSR count). The summed E-state index contributed by atoms with van der Waals surface area (Å²) in [6, 6.07) is 9.93. The molecule has 3 heterocycles. The Morgan fingerprint density at radius 3 is 2.71 bits per heavy atom. The zero-order valence-electron chi connectivity index (χ0n) is 19.6. The summed E-state index contributed by atoms with van der Waals surface area (Å²) in [6.07, 6.45) is 11.3. The number of carbonyl (C=O) groups excluding carboxylic acids is 1. The molecule has 2 aliphatic heterocycles. The van der Waals surface area contributed by atoms with Gasteiger partial charge in [-0.2, -0.15) is 0 Å². The molecule has 1 saturated heterocycles. The number of guanidine groups is 1. The van der Waals surface area contributed by atoms with Crippen LogP contribution >= 0.6 is 11.3 Å². The van der Waals surface area contributed by atoms with Gasteiger partial charge in [0.2, 0.25) is 5.96 Å². The van der Waals surface area contributed by atoms with Crippen LogP contribution in [0.2, 0.25) is 0 Å². The molecule has 180 valence electrons. The molecule has 1 aromatic carbocycles. The lowest BCUT2D eigenvalue weighted by atomic mass is 9.81. The van der Waals surface area contributed by atoms with Gasteiger partial charge < -0.3 is 15.5 Å². The van der Waals surface area contributed by atoms with Gasteiger partial charge in [0.25, 0.3) is 5.91 Å². The van der Waals surface area contributed by atoms with E-state index >= 15 is 0 Å². The minimum absolute atomic E-state index is 0.114. The number of benzene rings is 1. The van der Waals surface area contributed by atoms with Crippen LogP contribution in [0.1, 0.15) is 38.5 Å². The summed E-state index contributed by atoms with van der Waals surface area (Å²) in [5.41, 5.74) is 1.78. The van der Waals surface area contributed by atoms with Crippen LogP contribution in [0.15, 0.2) is 51.3 Å². The van der Waals surface area contributed by atoms with Crippen molar-refractivity contribution < 1.29 is 9.00 Å². The van der Waals surface area contributed by atoms with Gasteiger partial charge in [0.15, 0.2) is 0 Å². The molecular formula is C25H31N5O2S2. The second-order valence-corrected chi connectivity index (χ2v) is 13.7. The molecule has 1 amide bonds. The number of rotatable bonds is 4. The zero-order chi connectivity index (χ0) is 23.8. The third-order valence-electron chi connectivity index (χ3n) is 6.57. The molecule has 2 N–H and O–H groups in total. The van der Waals surface area contributed by atoms with Crippen molar-refractivity contribution in [3.8, 4) is 0 Å². The number of hydrogen-bond acceptors (Lipinski definition) is 7. The summed E-state index contributed by atoms with van der Waals surface area (Å²) in [6.45, 7) is 3.76. The maximum atomic E-state index is 13.1. The van der Waals surface area contributed by atoms with Crippen molar-refractivity contribution >= 4 is 45.4 Å². The van der Waals surface area contributed by atoms with Crippen molar-refractivity contribution in [1.29, 1.82) is 0 Å². The van der Waals surface area contributed by atoms with E-state index in [1.807, 2.05) is 35.4 Å². The second-order valence-electron chi connectivity index (χ2n) is 9.39. The van der Waals surface area contributed by atoms with Crippen LogP contribution in [0.3, 0.4) is 0 Å². The molecule has 0 saturated carbocycles. The molecule has 0 bridgehead atoms. The van der Waals surface area contributed by atoms with Gasteiger partial charge in [-0.05, 0) is 54.3 Å². The van der Waals surface area contributed by atoms with E-state index in [4.69, 9.17) is 4.99 Å². The van der Waals surface area contributed by atoms with Gasteiger partial charge in [-0.1, -0.05) is 28.1 Å². The number of nitrogens with one attached hydrogen (secondary N) is 2. The van der Waals surface area contributed by atoms with Crippen LogP contribution in [-0.4, -0.2) is 65.9 Å². The Labute approximate surface area is 205 Å².